The fourth-order valence-corrected chi connectivity index (χ4v) is 2.84. The number of hydrogen-bond acceptors (Lipinski definition) is 3. The second-order valence-corrected chi connectivity index (χ2v) is 5.70. The molecule has 3 nitrogen and oxygen atoms in total. The normalized spacial score (nSPS) is 20.8. The molecule has 1 fully saturated rings. The van der Waals surface area contributed by atoms with Crippen molar-refractivity contribution in [3.05, 3.63) is 29.3 Å². The molecular formula is C16H27N3. The molecule has 1 aromatic rings. The molecule has 0 aliphatic carbocycles. The molecule has 0 bridgehead atoms. The molecule has 0 amide bonds. The van der Waals surface area contributed by atoms with Crippen molar-refractivity contribution in [3.8, 4) is 0 Å². The Morgan fingerprint density at radius 2 is 2.11 bits per heavy atom. The van der Waals surface area contributed by atoms with Crippen molar-refractivity contribution in [2.75, 3.05) is 38.1 Å². The van der Waals surface area contributed by atoms with Gasteiger partial charge in [-0.15, -0.1) is 0 Å². The van der Waals surface area contributed by atoms with Crippen LogP contribution in [-0.4, -0.2) is 44.2 Å². The summed E-state index contributed by atoms with van der Waals surface area (Å²) in [6, 6.07) is 7.49. The van der Waals surface area contributed by atoms with E-state index in [2.05, 4.69) is 61.1 Å². The summed E-state index contributed by atoms with van der Waals surface area (Å²) in [4.78, 5) is 4.94. The third-order valence-electron chi connectivity index (χ3n) is 4.05. The first-order valence-corrected chi connectivity index (χ1v) is 7.37. The van der Waals surface area contributed by atoms with Gasteiger partial charge in [0, 0.05) is 37.9 Å². The van der Waals surface area contributed by atoms with Crippen molar-refractivity contribution in [2.24, 2.45) is 0 Å². The van der Waals surface area contributed by atoms with E-state index in [1.165, 1.54) is 16.8 Å². The molecule has 1 aliphatic heterocycles. The Kier molecular flexibility index (Phi) is 4.83. The summed E-state index contributed by atoms with van der Waals surface area (Å²) in [5.74, 6) is 0. The number of aryl methyl sites for hydroxylation is 1. The Bertz CT molecular complexity index is 416. The fourth-order valence-electron chi connectivity index (χ4n) is 2.84. The van der Waals surface area contributed by atoms with Crippen LogP contribution < -0.4 is 10.2 Å². The minimum absolute atomic E-state index is 0.595. The first-order chi connectivity index (χ1) is 9.11. The van der Waals surface area contributed by atoms with Gasteiger partial charge in [0.1, 0.15) is 0 Å². The molecule has 1 aliphatic rings. The Hall–Kier alpha value is -1.06. The molecule has 0 radical (unpaired) electrons. The maximum Gasteiger partial charge on any atom is 0.0389 e. The zero-order chi connectivity index (χ0) is 13.8. The summed E-state index contributed by atoms with van der Waals surface area (Å²) in [7, 11) is 2.21. The molecular weight excluding hydrogens is 234 g/mol. The zero-order valence-electron chi connectivity index (χ0n) is 12.7. The molecule has 2 rings (SSSR count). The molecule has 0 spiro atoms. The van der Waals surface area contributed by atoms with Crippen molar-refractivity contribution >= 4 is 5.69 Å². The summed E-state index contributed by atoms with van der Waals surface area (Å²) >= 11 is 0. The number of anilines is 1. The van der Waals surface area contributed by atoms with Crippen LogP contribution in [0.3, 0.4) is 0 Å². The van der Waals surface area contributed by atoms with E-state index in [-0.39, 0.29) is 0 Å². The number of nitrogens with zero attached hydrogens (tertiary/aromatic N) is 2. The lowest BCUT2D eigenvalue weighted by molar-refractivity contribution is 0.275. The molecule has 3 heteroatoms. The van der Waals surface area contributed by atoms with Gasteiger partial charge in [0.25, 0.3) is 0 Å². The Labute approximate surface area is 117 Å². The average molecular weight is 261 g/mol. The Balaban J connectivity index is 2.10. The summed E-state index contributed by atoms with van der Waals surface area (Å²) in [6.45, 7) is 12.1. The summed E-state index contributed by atoms with van der Waals surface area (Å²) < 4.78 is 0. The first kappa shape index (κ1) is 14.4. The quantitative estimate of drug-likeness (QED) is 0.897. The van der Waals surface area contributed by atoms with Crippen LogP contribution >= 0.6 is 0 Å². The highest BCUT2D eigenvalue weighted by Crippen LogP contribution is 2.23. The summed E-state index contributed by atoms with van der Waals surface area (Å²) in [6.07, 6.45) is 0. The second-order valence-electron chi connectivity index (χ2n) is 5.70. The summed E-state index contributed by atoms with van der Waals surface area (Å²) in [5, 5.41) is 3.40. The highest BCUT2D eigenvalue weighted by atomic mass is 15.3. The standard InChI is InChI=1S/C16H27N3/c1-5-17-11-15-6-7-16(10-13(15)2)19-9-8-18(4)12-14(19)3/h6-7,10,14,17H,5,8-9,11-12H2,1-4H3. The Morgan fingerprint density at radius 3 is 2.74 bits per heavy atom. The fraction of sp³-hybridized carbons (Fsp3) is 0.625. The molecule has 1 aromatic carbocycles. The lowest BCUT2D eigenvalue weighted by Gasteiger charge is -2.40. The van der Waals surface area contributed by atoms with Gasteiger partial charge in [-0.05, 0) is 50.7 Å². The Morgan fingerprint density at radius 1 is 1.32 bits per heavy atom. The topological polar surface area (TPSA) is 18.5 Å². The van der Waals surface area contributed by atoms with Gasteiger partial charge in [-0.3, -0.25) is 0 Å². The van der Waals surface area contributed by atoms with Gasteiger partial charge in [0.15, 0.2) is 0 Å². The smallest absolute Gasteiger partial charge is 0.0389 e. The molecule has 0 saturated carbocycles. The van der Waals surface area contributed by atoms with E-state index < -0.39 is 0 Å². The van der Waals surface area contributed by atoms with Gasteiger partial charge in [0.05, 0.1) is 0 Å². The van der Waals surface area contributed by atoms with Crippen LogP contribution in [0.25, 0.3) is 0 Å². The maximum atomic E-state index is 3.40. The van der Waals surface area contributed by atoms with Crippen LogP contribution in [0.1, 0.15) is 25.0 Å². The van der Waals surface area contributed by atoms with Crippen LogP contribution in [-0.2, 0) is 6.54 Å². The highest BCUT2D eigenvalue weighted by Gasteiger charge is 2.21. The summed E-state index contributed by atoms with van der Waals surface area (Å²) in [5.41, 5.74) is 4.18. The van der Waals surface area contributed by atoms with Gasteiger partial charge in [-0.2, -0.15) is 0 Å². The van der Waals surface area contributed by atoms with Crippen molar-refractivity contribution in [1.29, 1.82) is 0 Å². The molecule has 1 atom stereocenters. The van der Waals surface area contributed by atoms with E-state index in [1.807, 2.05) is 0 Å². The number of nitrogens with one attached hydrogen (secondary N) is 1. The van der Waals surface area contributed by atoms with E-state index in [4.69, 9.17) is 0 Å². The van der Waals surface area contributed by atoms with Gasteiger partial charge in [0.2, 0.25) is 0 Å². The van der Waals surface area contributed by atoms with Crippen molar-refractivity contribution in [1.82, 2.24) is 10.2 Å². The average Bonchev–Trinajstić information content (AvgIpc) is 2.37. The van der Waals surface area contributed by atoms with E-state index in [0.717, 1.165) is 32.7 Å². The number of likely N-dealkylation sites (N-methyl/N-ethyl adjacent to an activating group) is 1. The van der Waals surface area contributed by atoms with Gasteiger partial charge in [-0.25, -0.2) is 0 Å². The molecule has 1 saturated heterocycles. The van der Waals surface area contributed by atoms with E-state index in [0.29, 0.717) is 6.04 Å². The van der Waals surface area contributed by atoms with Crippen LogP contribution in [0.15, 0.2) is 18.2 Å². The molecule has 106 valence electrons. The lowest BCUT2D eigenvalue weighted by atomic mass is 10.1. The number of rotatable bonds is 4. The molecule has 1 heterocycles. The van der Waals surface area contributed by atoms with Gasteiger partial charge < -0.3 is 15.1 Å². The molecule has 19 heavy (non-hydrogen) atoms. The first-order valence-electron chi connectivity index (χ1n) is 7.37. The lowest BCUT2D eigenvalue weighted by Crippen LogP contribution is -2.50. The van der Waals surface area contributed by atoms with Crippen LogP contribution in [0.2, 0.25) is 0 Å². The second kappa shape index (κ2) is 6.40. The number of benzene rings is 1. The van der Waals surface area contributed by atoms with Crippen LogP contribution in [0.5, 0.6) is 0 Å². The van der Waals surface area contributed by atoms with Crippen molar-refractivity contribution in [2.45, 2.75) is 33.4 Å². The maximum absolute atomic E-state index is 3.40. The predicted octanol–water partition coefficient (Wildman–Crippen LogP) is 2.24. The highest BCUT2D eigenvalue weighted by molar-refractivity contribution is 5.52. The van der Waals surface area contributed by atoms with Crippen LogP contribution in [0.4, 0.5) is 5.69 Å². The minimum atomic E-state index is 0.595. The number of hydrogen-bond donors (Lipinski definition) is 1. The largest absolute Gasteiger partial charge is 0.366 e. The van der Waals surface area contributed by atoms with Crippen molar-refractivity contribution < 1.29 is 0 Å². The van der Waals surface area contributed by atoms with E-state index in [9.17, 15) is 0 Å². The third-order valence-corrected chi connectivity index (χ3v) is 4.05. The van der Waals surface area contributed by atoms with Crippen LogP contribution in [0, 0.1) is 6.92 Å². The SMILES string of the molecule is CCNCc1ccc(N2CCN(C)CC2C)cc1C. The minimum Gasteiger partial charge on any atom is -0.366 e. The van der Waals surface area contributed by atoms with Gasteiger partial charge >= 0.3 is 0 Å². The molecule has 0 aromatic heterocycles. The van der Waals surface area contributed by atoms with E-state index >= 15 is 0 Å². The zero-order valence-corrected chi connectivity index (χ0v) is 12.7. The van der Waals surface area contributed by atoms with Gasteiger partial charge in [-0.1, -0.05) is 13.0 Å². The molecule has 1 N–H and O–H groups in total. The predicted molar refractivity (Wildman–Crippen MR) is 82.9 cm³/mol. The molecule has 1 unspecified atom stereocenters. The third kappa shape index (κ3) is 3.48. The monoisotopic (exact) mass is 261 g/mol. The van der Waals surface area contributed by atoms with Crippen molar-refractivity contribution in [3.63, 3.8) is 0 Å². The van der Waals surface area contributed by atoms with E-state index in [1.54, 1.807) is 0 Å². The number of piperazine rings is 1.